The highest BCUT2D eigenvalue weighted by Gasteiger charge is 2.09. The summed E-state index contributed by atoms with van der Waals surface area (Å²) in [6.45, 7) is 4.23. The molecule has 2 aromatic rings. The summed E-state index contributed by atoms with van der Waals surface area (Å²) in [5.41, 5.74) is 4.74. The minimum atomic E-state index is 0.488. The van der Waals surface area contributed by atoms with E-state index in [-0.39, 0.29) is 0 Å². The van der Waals surface area contributed by atoms with Gasteiger partial charge < -0.3 is 0 Å². The zero-order valence-corrected chi connectivity index (χ0v) is 10.3. The van der Waals surface area contributed by atoms with Crippen LogP contribution in [-0.4, -0.2) is 4.98 Å². The van der Waals surface area contributed by atoms with Crippen molar-refractivity contribution in [3.63, 3.8) is 0 Å². The van der Waals surface area contributed by atoms with E-state index in [4.69, 9.17) is 11.6 Å². The van der Waals surface area contributed by atoms with Gasteiger partial charge in [-0.05, 0) is 25.0 Å². The molecule has 0 N–H and O–H groups in total. The molecule has 1 aromatic heterocycles. The van der Waals surface area contributed by atoms with Gasteiger partial charge in [0.1, 0.15) is 5.01 Å². The van der Waals surface area contributed by atoms with Gasteiger partial charge in [0.25, 0.3) is 0 Å². The van der Waals surface area contributed by atoms with Crippen LogP contribution in [0.15, 0.2) is 23.6 Å². The summed E-state index contributed by atoms with van der Waals surface area (Å²) in [7, 11) is 0. The average molecular weight is 238 g/mol. The molecule has 1 nitrogen and oxygen atoms in total. The Morgan fingerprint density at radius 1 is 1.27 bits per heavy atom. The molecule has 0 amide bonds. The molecule has 15 heavy (non-hydrogen) atoms. The Hall–Kier alpha value is -0.860. The number of hydrogen-bond acceptors (Lipinski definition) is 2. The molecule has 0 aliphatic carbocycles. The lowest BCUT2D eigenvalue weighted by molar-refractivity contribution is 1.22. The standard InChI is InChI=1S/C12H12ClNS/c1-8-4-3-5-9(2)11(8)12-14-10(6-13)7-15-12/h3-5,7H,6H2,1-2H3. The van der Waals surface area contributed by atoms with E-state index in [1.54, 1.807) is 11.3 Å². The number of alkyl halides is 1. The second kappa shape index (κ2) is 4.33. The first kappa shape index (κ1) is 10.7. The fourth-order valence-corrected chi connectivity index (χ4v) is 2.86. The Labute approximate surface area is 98.7 Å². The summed E-state index contributed by atoms with van der Waals surface area (Å²) in [5.74, 6) is 0.488. The third-order valence-corrected chi connectivity index (χ3v) is 3.57. The fraction of sp³-hybridized carbons (Fsp3) is 0.250. The van der Waals surface area contributed by atoms with E-state index >= 15 is 0 Å². The van der Waals surface area contributed by atoms with Gasteiger partial charge in [0, 0.05) is 10.9 Å². The molecular formula is C12H12ClNS. The molecule has 78 valence electrons. The molecule has 3 heteroatoms. The van der Waals surface area contributed by atoms with E-state index in [0.29, 0.717) is 5.88 Å². The molecule has 0 bridgehead atoms. The third kappa shape index (κ3) is 2.06. The maximum atomic E-state index is 5.75. The van der Waals surface area contributed by atoms with E-state index in [9.17, 15) is 0 Å². The molecule has 0 radical (unpaired) electrons. The molecule has 0 saturated heterocycles. The Kier molecular flexibility index (Phi) is 3.08. The molecule has 0 saturated carbocycles. The number of aryl methyl sites for hydroxylation is 2. The maximum Gasteiger partial charge on any atom is 0.124 e. The Morgan fingerprint density at radius 2 is 1.93 bits per heavy atom. The van der Waals surface area contributed by atoms with Crippen molar-refractivity contribution in [3.05, 3.63) is 40.4 Å². The van der Waals surface area contributed by atoms with E-state index in [2.05, 4.69) is 37.0 Å². The molecule has 0 atom stereocenters. The van der Waals surface area contributed by atoms with E-state index < -0.39 is 0 Å². The number of aromatic nitrogens is 1. The van der Waals surface area contributed by atoms with Crippen molar-refractivity contribution in [2.45, 2.75) is 19.7 Å². The fourth-order valence-electron chi connectivity index (χ4n) is 1.63. The van der Waals surface area contributed by atoms with Gasteiger partial charge in [-0.15, -0.1) is 22.9 Å². The first-order valence-electron chi connectivity index (χ1n) is 4.79. The van der Waals surface area contributed by atoms with Crippen molar-refractivity contribution in [3.8, 4) is 10.6 Å². The number of halogens is 1. The minimum Gasteiger partial charge on any atom is -0.240 e. The highest BCUT2D eigenvalue weighted by molar-refractivity contribution is 7.13. The first-order chi connectivity index (χ1) is 7.22. The molecule has 2 rings (SSSR count). The smallest absolute Gasteiger partial charge is 0.124 e. The van der Waals surface area contributed by atoms with Crippen LogP contribution in [0.1, 0.15) is 16.8 Å². The molecule has 0 unspecified atom stereocenters. The summed E-state index contributed by atoms with van der Waals surface area (Å²) >= 11 is 7.41. The lowest BCUT2D eigenvalue weighted by Crippen LogP contribution is -1.87. The Balaban J connectivity index is 2.53. The van der Waals surface area contributed by atoms with Crippen molar-refractivity contribution >= 4 is 22.9 Å². The van der Waals surface area contributed by atoms with Gasteiger partial charge in [-0.1, -0.05) is 18.2 Å². The van der Waals surface area contributed by atoms with E-state index in [0.717, 1.165) is 10.7 Å². The predicted molar refractivity (Wildman–Crippen MR) is 66.6 cm³/mol. The van der Waals surface area contributed by atoms with Crippen LogP contribution < -0.4 is 0 Å². The Morgan fingerprint density at radius 3 is 2.47 bits per heavy atom. The maximum absolute atomic E-state index is 5.75. The highest BCUT2D eigenvalue weighted by Crippen LogP contribution is 2.30. The van der Waals surface area contributed by atoms with Crippen LogP contribution in [0.5, 0.6) is 0 Å². The summed E-state index contributed by atoms with van der Waals surface area (Å²) in [6, 6.07) is 6.30. The van der Waals surface area contributed by atoms with Crippen LogP contribution in [0.2, 0.25) is 0 Å². The quantitative estimate of drug-likeness (QED) is 0.715. The summed E-state index contributed by atoms with van der Waals surface area (Å²) in [5, 5.41) is 3.09. The molecule has 0 aliphatic heterocycles. The number of rotatable bonds is 2. The van der Waals surface area contributed by atoms with Crippen molar-refractivity contribution in [2.75, 3.05) is 0 Å². The van der Waals surface area contributed by atoms with E-state index in [1.165, 1.54) is 16.7 Å². The number of hydrogen-bond donors (Lipinski definition) is 0. The van der Waals surface area contributed by atoms with Crippen molar-refractivity contribution in [2.24, 2.45) is 0 Å². The van der Waals surface area contributed by atoms with Crippen molar-refractivity contribution in [1.82, 2.24) is 4.98 Å². The normalized spacial score (nSPS) is 10.6. The number of nitrogens with zero attached hydrogens (tertiary/aromatic N) is 1. The Bertz CT molecular complexity index is 456. The van der Waals surface area contributed by atoms with Crippen LogP contribution in [0.25, 0.3) is 10.6 Å². The topological polar surface area (TPSA) is 12.9 Å². The second-order valence-electron chi connectivity index (χ2n) is 3.54. The molecule has 1 heterocycles. The summed E-state index contributed by atoms with van der Waals surface area (Å²) < 4.78 is 0. The van der Waals surface area contributed by atoms with Gasteiger partial charge in [0.15, 0.2) is 0 Å². The molecule has 0 spiro atoms. The van der Waals surface area contributed by atoms with Crippen LogP contribution in [0, 0.1) is 13.8 Å². The van der Waals surface area contributed by atoms with Gasteiger partial charge >= 0.3 is 0 Å². The van der Waals surface area contributed by atoms with Crippen LogP contribution in [0.4, 0.5) is 0 Å². The number of benzene rings is 1. The monoisotopic (exact) mass is 237 g/mol. The predicted octanol–water partition coefficient (Wildman–Crippen LogP) is 4.17. The van der Waals surface area contributed by atoms with Gasteiger partial charge in [-0.25, -0.2) is 4.98 Å². The lowest BCUT2D eigenvalue weighted by atomic mass is 10.0. The average Bonchev–Trinajstić information content (AvgIpc) is 2.66. The van der Waals surface area contributed by atoms with E-state index in [1.807, 2.05) is 5.38 Å². The van der Waals surface area contributed by atoms with Crippen LogP contribution in [-0.2, 0) is 5.88 Å². The summed E-state index contributed by atoms with van der Waals surface area (Å²) in [6.07, 6.45) is 0. The third-order valence-electron chi connectivity index (χ3n) is 2.38. The second-order valence-corrected chi connectivity index (χ2v) is 4.67. The minimum absolute atomic E-state index is 0.488. The van der Waals surface area contributed by atoms with Gasteiger partial charge in [-0.2, -0.15) is 0 Å². The molecule has 0 aliphatic rings. The van der Waals surface area contributed by atoms with Crippen molar-refractivity contribution < 1.29 is 0 Å². The van der Waals surface area contributed by atoms with Gasteiger partial charge in [0.2, 0.25) is 0 Å². The van der Waals surface area contributed by atoms with Crippen molar-refractivity contribution in [1.29, 1.82) is 0 Å². The van der Waals surface area contributed by atoms with Gasteiger partial charge in [0.05, 0.1) is 11.6 Å². The number of thiazole rings is 1. The highest BCUT2D eigenvalue weighted by atomic mass is 35.5. The van der Waals surface area contributed by atoms with Crippen LogP contribution >= 0.6 is 22.9 Å². The molecule has 0 fully saturated rings. The molecular weight excluding hydrogens is 226 g/mol. The summed E-state index contributed by atoms with van der Waals surface area (Å²) in [4.78, 5) is 4.51. The lowest BCUT2D eigenvalue weighted by Gasteiger charge is -2.05. The SMILES string of the molecule is Cc1cccc(C)c1-c1nc(CCl)cs1. The zero-order valence-electron chi connectivity index (χ0n) is 8.75. The van der Waals surface area contributed by atoms with Crippen LogP contribution in [0.3, 0.4) is 0 Å². The zero-order chi connectivity index (χ0) is 10.8. The first-order valence-corrected chi connectivity index (χ1v) is 6.20. The van der Waals surface area contributed by atoms with Gasteiger partial charge in [-0.3, -0.25) is 0 Å². The molecule has 1 aromatic carbocycles. The largest absolute Gasteiger partial charge is 0.240 e.